The number of halogens is 6. The zero-order valence-corrected chi connectivity index (χ0v) is 20.2. The van der Waals surface area contributed by atoms with Gasteiger partial charge in [0.15, 0.2) is 0 Å². The van der Waals surface area contributed by atoms with Gasteiger partial charge in [-0.15, -0.1) is 0 Å². The largest absolute Gasteiger partial charge is 0.399 e. The molecule has 5 nitrogen and oxygen atoms in total. The van der Waals surface area contributed by atoms with E-state index in [0.717, 1.165) is 30.7 Å². The topological polar surface area (TPSA) is 47.9 Å². The van der Waals surface area contributed by atoms with Crippen LogP contribution < -0.4 is 10.4 Å². The van der Waals surface area contributed by atoms with E-state index in [1.165, 1.54) is 42.5 Å². The molecule has 2 aliphatic rings. The van der Waals surface area contributed by atoms with Crippen LogP contribution >= 0.6 is 34.8 Å². The van der Waals surface area contributed by atoms with Crippen LogP contribution in [0.25, 0.3) is 0 Å². The van der Waals surface area contributed by atoms with Crippen molar-refractivity contribution >= 4 is 52.1 Å². The first kappa shape index (κ1) is 25.1. The van der Waals surface area contributed by atoms with E-state index in [4.69, 9.17) is 34.8 Å². The zero-order chi connectivity index (χ0) is 24.5. The van der Waals surface area contributed by atoms with Crippen LogP contribution in [-0.2, 0) is 4.79 Å². The highest BCUT2D eigenvalue weighted by atomic mass is 35.5. The van der Waals surface area contributed by atoms with Gasteiger partial charge in [0.05, 0.1) is 16.8 Å². The van der Waals surface area contributed by atoms with Crippen LogP contribution in [0.5, 0.6) is 0 Å². The molecule has 4 rings (SSSR count). The third-order valence-electron chi connectivity index (χ3n) is 5.91. The van der Waals surface area contributed by atoms with Crippen LogP contribution in [0.2, 0.25) is 15.1 Å². The van der Waals surface area contributed by atoms with Crippen LogP contribution in [0.3, 0.4) is 0 Å². The predicted octanol–water partition coefficient (Wildman–Crippen LogP) is 6.65. The van der Waals surface area contributed by atoms with Gasteiger partial charge in [-0.05, 0) is 48.7 Å². The molecule has 0 spiro atoms. The summed E-state index contributed by atoms with van der Waals surface area (Å²) in [6, 6.07) is 9.05. The highest BCUT2D eigenvalue weighted by molar-refractivity contribution is 6.41. The van der Waals surface area contributed by atoms with Gasteiger partial charge in [0.25, 0.3) is 5.91 Å². The summed E-state index contributed by atoms with van der Waals surface area (Å²) < 4.78 is 43.5. The van der Waals surface area contributed by atoms with Gasteiger partial charge in [-0.2, -0.15) is 18.3 Å². The average Bonchev–Trinajstić information content (AvgIpc) is 2.99. The molecule has 2 aromatic carbocycles. The first-order chi connectivity index (χ1) is 16.1. The van der Waals surface area contributed by atoms with E-state index in [9.17, 15) is 18.0 Å². The standard InChI is InChI=1S/C23H22Cl3F3N4O/c24-15-7-5-14(6-8-15)21-19(23(27,28)29)20(22(34)31-32-11-3-1-2-4-12-32)30-33(21)18-10-9-16(25)13-17(18)26/h5-10,13,19,21H,1-4,11-12H2,(H,31,34)/t19-,21-/m0/s1. The molecule has 2 aromatic rings. The number of carbonyl (C=O) groups is 1. The summed E-state index contributed by atoms with van der Waals surface area (Å²) in [6.45, 7) is 1.14. The minimum atomic E-state index is -4.76. The van der Waals surface area contributed by atoms with E-state index < -0.39 is 29.8 Å². The molecule has 0 unspecified atom stereocenters. The molecule has 34 heavy (non-hydrogen) atoms. The van der Waals surface area contributed by atoms with Crippen molar-refractivity contribution in [1.29, 1.82) is 0 Å². The Hall–Kier alpha value is -2.00. The van der Waals surface area contributed by atoms with Crippen molar-refractivity contribution in [2.24, 2.45) is 11.0 Å². The third-order valence-corrected chi connectivity index (χ3v) is 6.70. The molecule has 1 saturated heterocycles. The molecule has 2 aliphatic heterocycles. The Bertz CT molecular complexity index is 1070. The van der Waals surface area contributed by atoms with Gasteiger partial charge < -0.3 is 0 Å². The molecular formula is C23H22Cl3F3N4O. The highest BCUT2D eigenvalue weighted by Gasteiger charge is 2.56. The lowest BCUT2D eigenvalue weighted by molar-refractivity contribution is -0.160. The Morgan fingerprint density at radius 2 is 1.56 bits per heavy atom. The van der Waals surface area contributed by atoms with Crippen molar-refractivity contribution in [3.05, 3.63) is 63.1 Å². The minimum Gasteiger partial charge on any atom is -0.284 e. The molecule has 0 saturated carbocycles. The molecular weight excluding hydrogens is 512 g/mol. The molecule has 2 atom stereocenters. The summed E-state index contributed by atoms with van der Waals surface area (Å²) in [7, 11) is 0. The van der Waals surface area contributed by atoms with E-state index in [2.05, 4.69) is 10.5 Å². The Balaban J connectivity index is 1.78. The number of nitrogens with zero attached hydrogens (tertiary/aromatic N) is 3. The molecule has 1 N–H and O–H groups in total. The second-order valence-corrected chi connectivity index (χ2v) is 9.56. The van der Waals surface area contributed by atoms with E-state index in [1.54, 1.807) is 5.01 Å². The van der Waals surface area contributed by atoms with Crippen molar-refractivity contribution < 1.29 is 18.0 Å². The fraction of sp³-hybridized carbons (Fsp3) is 0.391. The predicted molar refractivity (Wildman–Crippen MR) is 128 cm³/mol. The molecule has 0 aliphatic carbocycles. The summed E-state index contributed by atoms with van der Waals surface area (Å²) in [6.07, 6.45) is -1.02. The number of hydrogen-bond acceptors (Lipinski definition) is 4. The monoisotopic (exact) mass is 532 g/mol. The van der Waals surface area contributed by atoms with Crippen LogP contribution in [0.4, 0.5) is 18.9 Å². The molecule has 1 fully saturated rings. The quantitative estimate of drug-likeness (QED) is 0.479. The maximum atomic E-state index is 14.5. The van der Waals surface area contributed by atoms with Gasteiger partial charge in [-0.25, -0.2) is 5.01 Å². The smallest absolute Gasteiger partial charge is 0.284 e. The third kappa shape index (κ3) is 5.46. The van der Waals surface area contributed by atoms with E-state index >= 15 is 0 Å². The number of benzene rings is 2. The van der Waals surface area contributed by atoms with Gasteiger partial charge in [0.2, 0.25) is 0 Å². The van der Waals surface area contributed by atoms with Crippen molar-refractivity contribution in [2.75, 3.05) is 18.1 Å². The van der Waals surface area contributed by atoms with Crippen LogP contribution in [0, 0.1) is 5.92 Å². The molecule has 0 radical (unpaired) electrons. The molecule has 1 amide bonds. The van der Waals surface area contributed by atoms with Crippen molar-refractivity contribution in [2.45, 2.75) is 37.9 Å². The summed E-state index contributed by atoms with van der Waals surface area (Å²) in [5.74, 6) is -3.07. The highest BCUT2D eigenvalue weighted by Crippen LogP contribution is 2.48. The van der Waals surface area contributed by atoms with Crippen molar-refractivity contribution in [1.82, 2.24) is 10.4 Å². The number of carbonyl (C=O) groups excluding carboxylic acids is 1. The number of hydrazine groups is 1. The van der Waals surface area contributed by atoms with Gasteiger partial charge >= 0.3 is 6.18 Å². The average molecular weight is 534 g/mol. The Kier molecular flexibility index (Phi) is 7.62. The lowest BCUT2D eigenvalue weighted by Gasteiger charge is -2.30. The lowest BCUT2D eigenvalue weighted by atomic mass is 9.88. The number of anilines is 1. The number of hydrazone groups is 1. The maximum absolute atomic E-state index is 14.5. The van der Waals surface area contributed by atoms with Gasteiger partial charge in [0, 0.05) is 23.1 Å². The Morgan fingerprint density at radius 3 is 2.15 bits per heavy atom. The number of rotatable bonds is 4. The molecule has 0 bridgehead atoms. The molecule has 182 valence electrons. The summed E-state index contributed by atoms with van der Waals surface area (Å²) in [5.41, 5.74) is 2.52. The lowest BCUT2D eigenvalue weighted by Crippen LogP contribution is -2.49. The summed E-state index contributed by atoms with van der Waals surface area (Å²) >= 11 is 18.3. The molecule has 11 heteroatoms. The maximum Gasteiger partial charge on any atom is 0.399 e. The first-order valence-electron chi connectivity index (χ1n) is 10.9. The van der Waals surface area contributed by atoms with Gasteiger partial charge in [0.1, 0.15) is 11.6 Å². The zero-order valence-electron chi connectivity index (χ0n) is 18.0. The number of amides is 1. The Morgan fingerprint density at radius 1 is 0.941 bits per heavy atom. The number of hydrogen-bond donors (Lipinski definition) is 1. The van der Waals surface area contributed by atoms with E-state index in [0.29, 0.717) is 28.7 Å². The normalized spacial score (nSPS) is 21.8. The van der Waals surface area contributed by atoms with Crippen LogP contribution in [0.15, 0.2) is 47.6 Å². The van der Waals surface area contributed by atoms with Crippen molar-refractivity contribution in [3.8, 4) is 0 Å². The second kappa shape index (κ2) is 10.3. The van der Waals surface area contributed by atoms with Gasteiger partial charge in [-0.3, -0.25) is 15.2 Å². The summed E-state index contributed by atoms with van der Waals surface area (Å²) in [4.78, 5) is 13.1. The fourth-order valence-corrected chi connectivity index (χ4v) is 4.92. The Labute approximate surface area is 210 Å². The van der Waals surface area contributed by atoms with Crippen LogP contribution in [-0.4, -0.2) is 35.9 Å². The molecule has 0 aromatic heterocycles. The van der Waals surface area contributed by atoms with E-state index in [-0.39, 0.29) is 10.7 Å². The second-order valence-electron chi connectivity index (χ2n) is 8.28. The van der Waals surface area contributed by atoms with Gasteiger partial charge in [-0.1, -0.05) is 59.8 Å². The summed E-state index contributed by atoms with van der Waals surface area (Å²) in [5, 5.41) is 7.83. The van der Waals surface area contributed by atoms with Crippen LogP contribution in [0.1, 0.15) is 37.3 Å². The minimum absolute atomic E-state index is 0.116. The van der Waals surface area contributed by atoms with E-state index in [1.807, 2.05) is 0 Å². The molecule has 2 heterocycles. The number of alkyl halides is 3. The fourth-order valence-electron chi connectivity index (χ4n) is 4.30. The first-order valence-corrected chi connectivity index (χ1v) is 12.0. The SMILES string of the molecule is O=C(NN1CCCCCC1)C1=NN(c2ccc(Cl)cc2Cl)[C@@H](c2ccc(Cl)cc2)[C@H]1C(F)(F)F. The van der Waals surface area contributed by atoms with Crippen molar-refractivity contribution in [3.63, 3.8) is 0 Å². The number of nitrogens with one attached hydrogen (secondary N) is 1.